The molecule has 2 aromatic carbocycles. The monoisotopic (exact) mass is 356 g/mol. The van der Waals surface area contributed by atoms with Crippen LogP contribution in [0, 0.1) is 29.9 Å². The molecule has 2 aromatic rings. The summed E-state index contributed by atoms with van der Waals surface area (Å²) in [6.45, 7) is 3.45. The van der Waals surface area contributed by atoms with Crippen LogP contribution >= 0.6 is 0 Å². The Morgan fingerprint density at radius 2 is 1.92 bits per heavy atom. The Labute approximate surface area is 150 Å². The van der Waals surface area contributed by atoms with Crippen molar-refractivity contribution in [2.24, 2.45) is 5.92 Å². The molecule has 0 aromatic heterocycles. The summed E-state index contributed by atoms with van der Waals surface area (Å²) in [7, 11) is 0. The van der Waals surface area contributed by atoms with Crippen LogP contribution in [0.2, 0.25) is 0 Å². The fourth-order valence-electron chi connectivity index (χ4n) is 2.69. The van der Waals surface area contributed by atoms with Gasteiger partial charge in [-0.25, -0.2) is 0 Å². The van der Waals surface area contributed by atoms with E-state index in [0.717, 1.165) is 11.1 Å². The lowest BCUT2D eigenvalue weighted by Crippen LogP contribution is -2.34. The summed E-state index contributed by atoms with van der Waals surface area (Å²) in [4.78, 5) is 34.0. The second kappa shape index (κ2) is 8.24. The predicted molar refractivity (Wildman–Crippen MR) is 96.2 cm³/mol. The Balaban J connectivity index is 2.04. The summed E-state index contributed by atoms with van der Waals surface area (Å²) in [5, 5.41) is 22.8. The number of carboxylic acids is 1. The third-order valence-corrected chi connectivity index (χ3v) is 4.08. The van der Waals surface area contributed by atoms with E-state index < -0.39 is 22.7 Å². The van der Waals surface area contributed by atoms with Crippen LogP contribution in [0.3, 0.4) is 0 Å². The van der Waals surface area contributed by atoms with Crippen molar-refractivity contribution in [2.75, 3.05) is 6.54 Å². The number of amides is 1. The van der Waals surface area contributed by atoms with E-state index in [1.165, 1.54) is 18.2 Å². The maximum absolute atomic E-state index is 12.2. The van der Waals surface area contributed by atoms with Gasteiger partial charge in [0, 0.05) is 23.7 Å². The number of rotatable bonds is 7. The fourth-order valence-corrected chi connectivity index (χ4v) is 2.69. The summed E-state index contributed by atoms with van der Waals surface area (Å²) >= 11 is 0. The number of carboxylic acid groups (broad SMARTS) is 1. The summed E-state index contributed by atoms with van der Waals surface area (Å²) < 4.78 is 0. The number of carbonyl (C=O) groups excluding carboxylic acids is 1. The lowest BCUT2D eigenvalue weighted by molar-refractivity contribution is -0.385. The smallest absolute Gasteiger partial charge is 0.308 e. The summed E-state index contributed by atoms with van der Waals surface area (Å²) in [6.07, 6.45) is 0.302. The summed E-state index contributed by atoms with van der Waals surface area (Å²) in [5.41, 5.74) is 2.49. The molecule has 0 fully saturated rings. The number of aliphatic carboxylic acids is 1. The van der Waals surface area contributed by atoms with Gasteiger partial charge in [0.1, 0.15) is 0 Å². The molecule has 2 rings (SSSR count). The van der Waals surface area contributed by atoms with Gasteiger partial charge in [-0.1, -0.05) is 29.8 Å². The van der Waals surface area contributed by atoms with Crippen LogP contribution in [-0.2, 0) is 11.2 Å². The average molecular weight is 356 g/mol. The fraction of sp³-hybridized carbons (Fsp3) is 0.263. The van der Waals surface area contributed by atoms with E-state index in [1.807, 2.05) is 31.2 Å². The maximum atomic E-state index is 12.2. The van der Waals surface area contributed by atoms with Crippen molar-refractivity contribution in [1.82, 2.24) is 5.32 Å². The number of hydrogen-bond donors (Lipinski definition) is 2. The highest BCUT2D eigenvalue weighted by Crippen LogP contribution is 2.19. The largest absolute Gasteiger partial charge is 0.481 e. The highest BCUT2D eigenvalue weighted by atomic mass is 16.6. The second-order valence-corrected chi connectivity index (χ2v) is 6.20. The first-order valence-electron chi connectivity index (χ1n) is 8.09. The Hall–Kier alpha value is -3.22. The number of carbonyl (C=O) groups is 2. The molecular weight excluding hydrogens is 336 g/mol. The Morgan fingerprint density at radius 3 is 2.50 bits per heavy atom. The van der Waals surface area contributed by atoms with Gasteiger partial charge in [0.2, 0.25) is 0 Å². The number of nitro groups is 1. The average Bonchev–Trinajstić information content (AvgIpc) is 2.57. The number of nitrogens with zero attached hydrogens (tertiary/aromatic N) is 1. The van der Waals surface area contributed by atoms with E-state index in [2.05, 4.69) is 5.32 Å². The van der Waals surface area contributed by atoms with Gasteiger partial charge in [0.25, 0.3) is 11.6 Å². The molecule has 1 amide bonds. The van der Waals surface area contributed by atoms with Crippen molar-refractivity contribution in [1.29, 1.82) is 0 Å². The molecule has 0 saturated carbocycles. The van der Waals surface area contributed by atoms with Crippen LogP contribution in [-0.4, -0.2) is 28.5 Å². The molecule has 7 heteroatoms. The van der Waals surface area contributed by atoms with Gasteiger partial charge in [-0.05, 0) is 38.0 Å². The quantitative estimate of drug-likeness (QED) is 0.585. The lowest BCUT2D eigenvalue weighted by atomic mass is 9.98. The van der Waals surface area contributed by atoms with Crippen LogP contribution in [0.25, 0.3) is 0 Å². The molecule has 1 atom stereocenters. The molecular formula is C19H20N2O5. The second-order valence-electron chi connectivity index (χ2n) is 6.20. The molecule has 136 valence electrons. The zero-order valence-electron chi connectivity index (χ0n) is 14.6. The van der Waals surface area contributed by atoms with E-state index >= 15 is 0 Å². The predicted octanol–water partition coefficient (Wildman–Crippen LogP) is 2.88. The van der Waals surface area contributed by atoms with E-state index in [4.69, 9.17) is 0 Å². The third-order valence-electron chi connectivity index (χ3n) is 4.08. The van der Waals surface area contributed by atoms with Crippen LogP contribution in [0.4, 0.5) is 5.69 Å². The zero-order valence-corrected chi connectivity index (χ0v) is 14.6. The molecule has 0 saturated heterocycles. The minimum absolute atomic E-state index is 0.0296. The minimum Gasteiger partial charge on any atom is -0.481 e. The van der Waals surface area contributed by atoms with E-state index in [0.29, 0.717) is 12.0 Å². The standard InChI is InChI=1S/C19H20N2O5/c1-12-4-3-5-14(8-12)10-16(19(23)24)11-20-18(22)15-6-7-17(21(25)26)13(2)9-15/h3-9,16H,10-11H2,1-2H3,(H,20,22)(H,23,24). The zero-order chi connectivity index (χ0) is 19.3. The molecule has 0 aliphatic heterocycles. The Bertz CT molecular complexity index is 848. The third kappa shape index (κ3) is 4.89. The highest BCUT2D eigenvalue weighted by molar-refractivity contribution is 5.95. The van der Waals surface area contributed by atoms with Crippen LogP contribution in [0.1, 0.15) is 27.0 Å². The molecule has 26 heavy (non-hydrogen) atoms. The maximum Gasteiger partial charge on any atom is 0.308 e. The number of nitrogens with one attached hydrogen (secondary N) is 1. The Kier molecular flexibility index (Phi) is 6.06. The van der Waals surface area contributed by atoms with E-state index in [9.17, 15) is 24.8 Å². The minimum atomic E-state index is -0.994. The Morgan fingerprint density at radius 1 is 1.19 bits per heavy atom. The first kappa shape index (κ1) is 19.1. The molecule has 0 bridgehead atoms. The molecule has 0 aliphatic rings. The summed E-state index contributed by atoms with van der Waals surface area (Å²) in [5.74, 6) is -2.22. The van der Waals surface area contributed by atoms with Crippen molar-refractivity contribution < 1.29 is 19.6 Å². The van der Waals surface area contributed by atoms with Gasteiger partial charge in [-0.15, -0.1) is 0 Å². The molecule has 0 heterocycles. The number of hydrogen-bond acceptors (Lipinski definition) is 4. The van der Waals surface area contributed by atoms with Gasteiger partial charge in [0.05, 0.1) is 10.8 Å². The summed E-state index contributed by atoms with van der Waals surface area (Å²) in [6, 6.07) is 11.6. The number of nitro benzene ring substituents is 1. The van der Waals surface area contributed by atoms with Crippen molar-refractivity contribution >= 4 is 17.6 Å². The first-order valence-corrected chi connectivity index (χ1v) is 8.09. The van der Waals surface area contributed by atoms with Gasteiger partial charge in [-0.3, -0.25) is 19.7 Å². The topological polar surface area (TPSA) is 110 Å². The SMILES string of the molecule is Cc1cccc(CC(CNC(=O)c2ccc([N+](=O)[O-])c(C)c2)C(=O)O)c1. The highest BCUT2D eigenvalue weighted by Gasteiger charge is 2.20. The first-order chi connectivity index (χ1) is 12.3. The van der Waals surface area contributed by atoms with Crippen molar-refractivity contribution in [3.8, 4) is 0 Å². The molecule has 0 aliphatic carbocycles. The van der Waals surface area contributed by atoms with Crippen LogP contribution in [0.15, 0.2) is 42.5 Å². The number of aryl methyl sites for hydroxylation is 2. The number of benzene rings is 2. The van der Waals surface area contributed by atoms with Crippen molar-refractivity contribution in [3.63, 3.8) is 0 Å². The van der Waals surface area contributed by atoms with E-state index in [-0.39, 0.29) is 17.8 Å². The van der Waals surface area contributed by atoms with E-state index in [1.54, 1.807) is 6.92 Å². The van der Waals surface area contributed by atoms with Gasteiger partial charge in [0.15, 0.2) is 0 Å². The molecule has 1 unspecified atom stereocenters. The molecule has 0 spiro atoms. The van der Waals surface area contributed by atoms with Gasteiger partial charge < -0.3 is 10.4 Å². The van der Waals surface area contributed by atoms with Gasteiger partial charge >= 0.3 is 5.97 Å². The lowest BCUT2D eigenvalue weighted by Gasteiger charge is -2.14. The van der Waals surface area contributed by atoms with Crippen LogP contribution < -0.4 is 5.32 Å². The molecule has 0 radical (unpaired) electrons. The normalized spacial score (nSPS) is 11.6. The van der Waals surface area contributed by atoms with Crippen LogP contribution in [0.5, 0.6) is 0 Å². The van der Waals surface area contributed by atoms with Crippen molar-refractivity contribution in [2.45, 2.75) is 20.3 Å². The van der Waals surface area contributed by atoms with Crippen molar-refractivity contribution in [3.05, 3.63) is 74.8 Å². The molecule has 2 N–H and O–H groups in total. The van der Waals surface area contributed by atoms with Gasteiger partial charge in [-0.2, -0.15) is 0 Å². The molecule has 7 nitrogen and oxygen atoms in total.